The molecule has 0 aliphatic rings. The van der Waals surface area contributed by atoms with Crippen molar-refractivity contribution in [2.24, 2.45) is 0 Å². The van der Waals surface area contributed by atoms with Gasteiger partial charge < -0.3 is 14.2 Å². The predicted molar refractivity (Wildman–Crippen MR) is 321 cm³/mol. The van der Waals surface area contributed by atoms with Crippen molar-refractivity contribution < 1.29 is 28.6 Å². The summed E-state index contributed by atoms with van der Waals surface area (Å²) >= 11 is 0. The van der Waals surface area contributed by atoms with Gasteiger partial charge >= 0.3 is 17.9 Å². The van der Waals surface area contributed by atoms with Gasteiger partial charge in [0.25, 0.3) is 0 Å². The van der Waals surface area contributed by atoms with E-state index >= 15 is 0 Å². The zero-order chi connectivity index (χ0) is 53.6. The first-order valence-electron chi connectivity index (χ1n) is 31.9. The lowest BCUT2D eigenvalue weighted by molar-refractivity contribution is -0.167. The minimum absolute atomic E-state index is 0.0854. The van der Waals surface area contributed by atoms with Gasteiger partial charge in [0.05, 0.1) is 0 Å². The third-order valence-corrected chi connectivity index (χ3v) is 13.9. The molecule has 1 unspecified atom stereocenters. The molecule has 1 atom stereocenters. The van der Waals surface area contributed by atoms with Crippen LogP contribution < -0.4 is 0 Å². The Morgan fingerprint density at radius 3 is 0.811 bits per heavy atom. The van der Waals surface area contributed by atoms with Crippen LogP contribution in [0.1, 0.15) is 323 Å². The monoisotopic (exact) mass is 1030 g/mol. The fraction of sp³-hybridized carbons (Fsp3) is 0.779. The van der Waals surface area contributed by atoms with Gasteiger partial charge in [-0.15, -0.1) is 0 Å². The number of carbonyl (C=O) groups excluding carboxylic acids is 3. The number of ether oxygens (including phenoxy) is 3. The van der Waals surface area contributed by atoms with Gasteiger partial charge in [0.15, 0.2) is 6.10 Å². The highest BCUT2D eigenvalue weighted by Gasteiger charge is 2.19. The lowest BCUT2D eigenvalue weighted by Crippen LogP contribution is -2.30. The number of hydrogen-bond acceptors (Lipinski definition) is 6. The van der Waals surface area contributed by atoms with E-state index in [9.17, 15) is 14.4 Å². The summed E-state index contributed by atoms with van der Waals surface area (Å²) in [6.45, 7) is 6.61. The molecule has 0 aliphatic heterocycles. The molecule has 0 amide bonds. The van der Waals surface area contributed by atoms with Crippen molar-refractivity contribution in [1.82, 2.24) is 0 Å². The summed E-state index contributed by atoms with van der Waals surface area (Å²) in [6.07, 6.45) is 80.4. The molecule has 6 heteroatoms. The van der Waals surface area contributed by atoms with E-state index in [2.05, 4.69) is 93.7 Å². The summed E-state index contributed by atoms with van der Waals surface area (Å²) in [5.41, 5.74) is 0. The normalized spacial score (nSPS) is 12.5. The van der Waals surface area contributed by atoms with Gasteiger partial charge in [0, 0.05) is 19.3 Å². The minimum atomic E-state index is -0.791. The summed E-state index contributed by atoms with van der Waals surface area (Å²) in [5, 5.41) is 0. The second-order valence-electron chi connectivity index (χ2n) is 21.3. The van der Waals surface area contributed by atoms with Crippen molar-refractivity contribution in [1.29, 1.82) is 0 Å². The van der Waals surface area contributed by atoms with Crippen molar-refractivity contribution in [3.8, 4) is 0 Å². The van der Waals surface area contributed by atoms with E-state index in [-0.39, 0.29) is 31.1 Å². The Morgan fingerprint density at radius 1 is 0.270 bits per heavy atom. The first kappa shape index (κ1) is 70.8. The van der Waals surface area contributed by atoms with Crippen molar-refractivity contribution in [3.63, 3.8) is 0 Å². The maximum Gasteiger partial charge on any atom is 0.306 e. The van der Waals surface area contributed by atoms with Crippen LogP contribution in [0, 0.1) is 0 Å². The average molecular weight is 1030 g/mol. The predicted octanol–water partition coefficient (Wildman–Crippen LogP) is 21.7. The van der Waals surface area contributed by atoms with E-state index in [1.807, 2.05) is 0 Å². The Balaban J connectivity index is 4.40. The van der Waals surface area contributed by atoms with Crippen molar-refractivity contribution in [2.75, 3.05) is 13.2 Å². The summed E-state index contributed by atoms with van der Waals surface area (Å²) in [7, 11) is 0. The maximum absolute atomic E-state index is 12.9. The molecule has 0 spiro atoms. The Labute approximate surface area is 459 Å². The number of unbranched alkanes of at least 4 members (excludes halogenated alkanes) is 35. The molecule has 74 heavy (non-hydrogen) atoms. The van der Waals surface area contributed by atoms with E-state index in [1.165, 1.54) is 180 Å². The molecule has 0 saturated carbocycles. The summed E-state index contributed by atoms with van der Waals surface area (Å²) in [6, 6.07) is 0. The molecule has 0 aromatic rings. The maximum atomic E-state index is 12.9. The quantitative estimate of drug-likeness (QED) is 0.0261. The molecule has 0 rings (SSSR count). The lowest BCUT2D eigenvalue weighted by Gasteiger charge is -2.18. The SMILES string of the molecule is CCCCC/C=C\C/C=C\C/C=C\CCCCCCCCC(=O)OC(COC(=O)CCCCCCC/C=C\C/C=C\CCCCCC)COC(=O)CCCCCCCCCCC/C=C\CCCCCCCCCC. The topological polar surface area (TPSA) is 78.9 Å². The van der Waals surface area contributed by atoms with Crippen LogP contribution >= 0.6 is 0 Å². The summed E-state index contributed by atoms with van der Waals surface area (Å²) in [4.78, 5) is 38.3. The van der Waals surface area contributed by atoms with Crippen LogP contribution in [0.3, 0.4) is 0 Å². The van der Waals surface area contributed by atoms with Crippen LogP contribution in [-0.2, 0) is 28.6 Å². The minimum Gasteiger partial charge on any atom is -0.462 e. The van der Waals surface area contributed by atoms with Gasteiger partial charge in [0.2, 0.25) is 0 Å². The third kappa shape index (κ3) is 59.7. The van der Waals surface area contributed by atoms with Crippen LogP contribution in [0.25, 0.3) is 0 Å². The van der Waals surface area contributed by atoms with Crippen LogP contribution in [0.15, 0.2) is 72.9 Å². The van der Waals surface area contributed by atoms with Gasteiger partial charge in [-0.2, -0.15) is 0 Å². The van der Waals surface area contributed by atoms with Crippen LogP contribution in [0.5, 0.6) is 0 Å². The molecule has 428 valence electrons. The third-order valence-electron chi connectivity index (χ3n) is 13.9. The van der Waals surface area contributed by atoms with E-state index < -0.39 is 6.10 Å². The molecule has 0 fully saturated rings. The Kier molecular flexibility index (Phi) is 59.7. The smallest absolute Gasteiger partial charge is 0.306 e. The van der Waals surface area contributed by atoms with E-state index in [0.717, 1.165) is 103 Å². The number of esters is 3. The lowest BCUT2D eigenvalue weighted by atomic mass is 10.1. The molecule has 0 aliphatic carbocycles. The average Bonchev–Trinajstić information content (AvgIpc) is 3.40. The van der Waals surface area contributed by atoms with Crippen molar-refractivity contribution in [2.45, 2.75) is 329 Å². The van der Waals surface area contributed by atoms with Crippen LogP contribution in [0.4, 0.5) is 0 Å². The van der Waals surface area contributed by atoms with Crippen molar-refractivity contribution >= 4 is 17.9 Å². The highest BCUT2D eigenvalue weighted by atomic mass is 16.6. The van der Waals surface area contributed by atoms with Crippen molar-refractivity contribution in [3.05, 3.63) is 72.9 Å². The Bertz CT molecular complexity index is 1370. The number of hydrogen-bond donors (Lipinski definition) is 0. The molecule has 0 radical (unpaired) electrons. The molecule has 0 bridgehead atoms. The zero-order valence-corrected chi connectivity index (χ0v) is 49.1. The molecule has 0 aromatic carbocycles. The van der Waals surface area contributed by atoms with Crippen LogP contribution in [-0.4, -0.2) is 37.2 Å². The number of allylic oxidation sites excluding steroid dienone is 12. The summed E-state index contributed by atoms with van der Waals surface area (Å²) in [5.74, 6) is -0.901. The fourth-order valence-electron chi connectivity index (χ4n) is 9.06. The summed E-state index contributed by atoms with van der Waals surface area (Å²) < 4.78 is 16.9. The Morgan fingerprint density at radius 2 is 0.486 bits per heavy atom. The molecule has 6 nitrogen and oxygen atoms in total. The van der Waals surface area contributed by atoms with E-state index in [1.54, 1.807) is 0 Å². The standard InChI is InChI=1S/C68H120O6/c1-4-7-10-13-16-19-22-25-28-31-33-34-36-37-40-43-46-49-52-55-58-61-67(70)73-64-65(63-72-66(69)60-57-54-51-48-45-42-39-30-27-24-21-18-15-12-9-6-3)74-68(71)62-59-56-53-50-47-44-41-38-35-32-29-26-23-20-17-14-11-8-5-2/h17,20-21,24,26,29-31,33,35,38-39,65H,4-16,18-19,22-23,25,27-28,32,34,36-37,40-64H2,1-3H3/b20-17-,24-21-,29-26-,33-31-,38-35-,39-30-. The fourth-order valence-corrected chi connectivity index (χ4v) is 9.06. The van der Waals surface area contributed by atoms with Gasteiger partial charge in [-0.1, -0.05) is 261 Å². The first-order chi connectivity index (χ1) is 36.5. The number of rotatable bonds is 58. The van der Waals surface area contributed by atoms with Gasteiger partial charge in [-0.3, -0.25) is 14.4 Å². The second kappa shape index (κ2) is 62.4. The van der Waals surface area contributed by atoms with Gasteiger partial charge in [-0.05, 0) is 116 Å². The first-order valence-corrected chi connectivity index (χ1v) is 31.9. The van der Waals surface area contributed by atoms with E-state index in [4.69, 9.17) is 14.2 Å². The molecular weight excluding hydrogens is 913 g/mol. The molecule has 0 aromatic heterocycles. The Hall–Kier alpha value is -3.15. The van der Waals surface area contributed by atoms with Gasteiger partial charge in [-0.25, -0.2) is 0 Å². The van der Waals surface area contributed by atoms with Crippen LogP contribution in [0.2, 0.25) is 0 Å². The van der Waals surface area contributed by atoms with Gasteiger partial charge in [0.1, 0.15) is 13.2 Å². The molecule has 0 saturated heterocycles. The number of carbonyl (C=O) groups is 3. The zero-order valence-electron chi connectivity index (χ0n) is 49.1. The molecular formula is C68H120O6. The van der Waals surface area contributed by atoms with E-state index in [0.29, 0.717) is 19.3 Å². The highest BCUT2D eigenvalue weighted by molar-refractivity contribution is 5.71. The largest absolute Gasteiger partial charge is 0.462 e. The molecule has 0 N–H and O–H groups in total. The second-order valence-corrected chi connectivity index (χ2v) is 21.3. The molecule has 0 heterocycles. The highest BCUT2D eigenvalue weighted by Crippen LogP contribution is 2.16.